The Morgan fingerprint density at radius 2 is 1.45 bits per heavy atom. The van der Waals surface area contributed by atoms with Crippen molar-refractivity contribution in [1.82, 2.24) is 4.90 Å². The van der Waals surface area contributed by atoms with Gasteiger partial charge < -0.3 is 14.4 Å². The first kappa shape index (κ1) is 33.2. The van der Waals surface area contributed by atoms with Gasteiger partial charge in [-0.2, -0.15) is 39.5 Å². The van der Waals surface area contributed by atoms with E-state index in [1.54, 1.807) is 13.8 Å². The van der Waals surface area contributed by atoms with Crippen molar-refractivity contribution in [3.8, 4) is 0 Å². The first-order valence-electron chi connectivity index (χ1n) is 13.6. The van der Waals surface area contributed by atoms with E-state index in [2.05, 4.69) is 0 Å². The zero-order valence-corrected chi connectivity index (χ0v) is 23.7. The number of carbonyl (C=O) groups is 2. The third-order valence-electron chi connectivity index (χ3n) is 7.54. The number of anilines is 1. The average Bonchev–Trinajstić information content (AvgIpc) is 3.75. The number of amides is 2. The van der Waals surface area contributed by atoms with Crippen molar-refractivity contribution in [2.75, 3.05) is 18.6 Å². The molecule has 4 rings (SSSR count). The standard InChI is InChI=1S/C29H29F9N2O4/c1-15(2)44-26(42)40-22-7-6-18(27(30,31)32)13-21(22)24(14-23(40)17-4-5-17)39(25(41)43-3)9-8-16-10-19(28(33,34)35)12-20(11-16)29(36,37)38/h6-7,10-13,15,17,23-24H,4-5,8-9,14H2,1-3H3/t23-,24-/m1/s1. The molecule has 0 N–H and O–H groups in total. The molecule has 2 aliphatic rings. The highest BCUT2D eigenvalue weighted by Gasteiger charge is 2.48. The molecule has 2 amide bonds. The van der Waals surface area contributed by atoms with Gasteiger partial charge >= 0.3 is 30.7 Å². The maximum atomic E-state index is 13.8. The van der Waals surface area contributed by atoms with Crippen LogP contribution in [0.1, 0.15) is 67.0 Å². The number of methoxy groups -OCH3 is 1. The first-order chi connectivity index (χ1) is 20.3. The van der Waals surface area contributed by atoms with Gasteiger partial charge in [0.1, 0.15) is 0 Å². The monoisotopic (exact) mass is 640 g/mol. The number of nitrogens with zero attached hydrogens (tertiary/aromatic N) is 2. The lowest BCUT2D eigenvalue weighted by Crippen LogP contribution is -2.50. The number of rotatable bonds is 6. The summed E-state index contributed by atoms with van der Waals surface area (Å²) in [6.45, 7) is 2.70. The van der Waals surface area contributed by atoms with Crippen molar-refractivity contribution in [1.29, 1.82) is 0 Å². The van der Waals surface area contributed by atoms with E-state index in [1.165, 1.54) is 4.90 Å². The second-order valence-electron chi connectivity index (χ2n) is 11.1. The van der Waals surface area contributed by atoms with Crippen LogP contribution in [0.5, 0.6) is 0 Å². The fourth-order valence-electron chi connectivity index (χ4n) is 5.43. The molecule has 0 spiro atoms. The van der Waals surface area contributed by atoms with Gasteiger partial charge in [-0.05, 0) is 93.0 Å². The van der Waals surface area contributed by atoms with Gasteiger partial charge in [0.2, 0.25) is 0 Å². The van der Waals surface area contributed by atoms with E-state index in [0.29, 0.717) is 25.0 Å². The van der Waals surface area contributed by atoms with Crippen molar-refractivity contribution in [2.45, 2.75) is 76.2 Å². The Hall–Kier alpha value is -3.65. The summed E-state index contributed by atoms with van der Waals surface area (Å²) in [6, 6.07) is 1.90. The Balaban J connectivity index is 1.79. The average molecular weight is 641 g/mol. The summed E-state index contributed by atoms with van der Waals surface area (Å²) in [5, 5.41) is 0. The van der Waals surface area contributed by atoms with Crippen LogP contribution in [0, 0.1) is 5.92 Å². The molecule has 2 atom stereocenters. The predicted octanol–water partition coefficient (Wildman–Crippen LogP) is 8.63. The van der Waals surface area contributed by atoms with Crippen LogP contribution < -0.4 is 4.90 Å². The molecular formula is C29H29F9N2O4. The fourth-order valence-corrected chi connectivity index (χ4v) is 5.43. The molecule has 44 heavy (non-hydrogen) atoms. The van der Waals surface area contributed by atoms with Crippen LogP contribution in [-0.4, -0.2) is 42.9 Å². The van der Waals surface area contributed by atoms with Crippen molar-refractivity contribution in [3.63, 3.8) is 0 Å². The second-order valence-corrected chi connectivity index (χ2v) is 11.1. The Morgan fingerprint density at radius 1 is 0.886 bits per heavy atom. The van der Waals surface area contributed by atoms with Crippen LogP contribution >= 0.6 is 0 Å². The zero-order valence-electron chi connectivity index (χ0n) is 23.7. The Labute approximate surface area is 246 Å². The molecule has 0 unspecified atom stereocenters. The number of benzene rings is 2. The molecule has 15 heteroatoms. The highest BCUT2D eigenvalue weighted by atomic mass is 19.4. The Morgan fingerprint density at radius 3 is 1.93 bits per heavy atom. The smallest absolute Gasteiger partial charge is 0.416 e. The summed E-state index contributed by atoms with van der Waals surface area (Å²) in [4.78, 5) is 28.5. The number of halogens is 9. The minimum atomic E-state index is -5.10. The van der Waals surface area contributed by atoms with Gasteiger partial charge in [-0.1, -0.05) is 0 Å². The summed E-state index contributed by atoms with van der Waals surface area (Å²) >= 11 is 0. The Bertz CT molecular complexity index is 1350. The van der Waals surface area contributed by atoms with Crippen LogP contribution in [0.2, 0.25) is 0 Å². The van der Waals surface area contributed by atoms with Gasteiger partial charge in [0.15, 0.2) is 0 Å². The lowest BCUT2D eigenvalue weighted by Gasteiger charge is -2.44. The summed E-state index contributed by atoms with van der Waals surface area (Å²) in [7, 11) is 0.988. The molecule has 0 bridgehead atoms. The number of alkyl halides is 9. The summed E-state index contributed by atoms with van der Waals surface area (Å²) in [5.41, 5.74) is -4.62. The van der Waals surface area contributed by atoms with Crippen molar-refractivity contribution < 1.29 is 58.6 Å². The minimum Gasteiger partial charge on any atom is -0.453 e. The highest BCUT2D eigenvalue weighted by molar-refractivity contribution is 5.91. The third kappa shape index (κ3) is 7.34. The molecule has 0 aromatic heterocycles. The quantitative estimate of drug-likeness (QED) is 0.297. The van der Waals surface area contributed by atoms with Crippen molar-refractivity contribution in [3.05, 3.63) is 64.2 Å². The summed E-state index contributed by atoms with van der Waals surface area (Å²) in [5.74, 6) is -0.0787. The molecule has 1 aliphatic carbocycles. The number of hydrogen-bond acceptors (Lipinski definition) is 4. The molecule has 0 radical (unpaired) electrons. The minimum absolute atomic E-state index is 0.0251. The van der Waals surface area contributed by atoms with Crippen molar-refractivity contribution in [2.24, 2.45) is 5.92 Å². The molecule has 2 aromatic rings. The summed E-state index contributed by atoms with van der Waals surface area (Å²) < 4.78 is 132. The van der Waals surface area contributed by atoms with Crippen LogP contribution in [0.25, 0.3) is 0 Å². The van der Waals surface area contributed by atoms with Gasteiger partial charge in [0.25, 0.3) is 0 Å². The van der Waals surface area contributed by atoms with E-state index >= 15 is 0 Å². The van der Waals surface area contributed by atoms with Crippen LogP contribution in [-0.2, 0) is 34.4 Å². The molecule has 1 heterocycles. The first-order valence-corrected chi connectivity index (χ1v) is 13.6. The SMILES string of the molecule is COC(=O)N(CCc1cc(C(F)(F)F)cc(C(F)(F)F)c1)[C@@H]1C[C@H](C2CC2)N(C(=O)OC(C)C)c2ccc(C(F)(F)F)cc21. The van der Waals surface area contributed by atoms with E-state index in [4.69, 9.17) is 9.47 Å². The van der Waals surface area contributed by atoms with Crippen LogP contribution in [0.3, 0.4) is 0 Å². The van der Waals surface area contributed by atoms with Crippen LogP contribution in [0.4, 0.5) is 54.8 Å². The van der Waals surface area contributed by atoms with Gasteiger partial charge in [-0.25, -0.2) is 9.59 Å². The molecule has 1 fully saturated rings. The van der Waals surface area contributed by atoms with Crippen LogP contribution in [0.15, 0.2) is 36.4 Å². The maximum absolute atomic E-state index is 13.8. The molecular weight excluding hydrogens is 611 g/mol. The van der Waals surface area contributed by atoms with E-state index in [0.717, 1.165) is 30.2 Å². The zero-order chi connectivity index (χ0) is 32.8. The lowest BCUT2D eigenvalue weighted by molar-refractivity contribution is -0.143. The number of carbonyl (C=O) groups excluding carboxylic acids is 2. The Kier molecular flexibility index (Phi) is 9.09. The molecule has 1 saturated carbocycles. The number of hydrogen-bond donors (Lipinski definition) is 0. The molecule has 1 aliphatic heterocycles. The number of ether oxygens (including phenoxy) is 2. The van der Waals surface area contributed by atoms with Gasteiger partial charge in [0, 0.05) is 12.6 Å². The fraction of sp³-hybridized carbons (Fsp3) is 0.517. The molecule has 6 nitrogen and oxygen atoms in total. The molecule has 2 aromatic carbocycles. The second kappa shape index (κ2) is 12.0. The maximum Gasteiger partial charge on any atom is 0.416 e. The van der Waals surface area contributed by atoms with E-state index in [1.807, 2.05) is 0 Å². The third-order valence-corrected chi connectivity index (χ3v) is 7.54. The van der Waals surface area contributed by atoms with Gasteiger partial charge in [-0.3, -0.25) is 4.90 Å². The van der Waals surface area contributed by atoms with Crippen molar-refractivity contribution >= 4 is 17.9 Å². The number of fused-ring (bicyclic) bond motifs is 1. The van der Waals surface area contributed by atoms with Gasteiger partial charge in [-0.15, -0.1) is 0 Å². The van der Waals surface area contributed by atoms with E-state index < -0.39 is 84.1 Å². The highest BCUT2D eigenvalue weighted by Crippen LogP contribution is 2.50. The normalized spacial score (nSPS) is 19.1. The van der Waals surface area contributed by atoms with E-state index in [9.17, 15) is 49.1 Å². The topological polar surface area (TPSA) is 59.1 Å². The lowest BCUT2D eigenvalue weighted by atomic mass is 9.86. The summed E-state index contributed by atoms with van der Waals surface area (Å²) in [6.07, 6.45) is -16.6. The molecule has 242 valence electrons. The largest absolute Gasteiger partial charge is 0.453 e. The van der Waals surface area contributed by atoms with E-state index in [-0.39, 0.29) is 29.7 Å². The predicted molar refractivity (Wildman–Crippen MR) is 139 cm³/mol. The molecule has 0 saturated heterocycles. The van der Waals surface area contributed by atoms with Gasteiger partial charge in [0.05, 0.1) is 41.6 Å².